The lowest BCUT2D eigenvalue weighted by molar-refractivity contribution is -0.121. The maximum Gasteiger partial charge on any atom is 0.242 e. The van der Waals surface area contributed by atoms with Crippen LogP contribution in [-0.4, -0.2) is 44.9 Å². The second-order valence-corrected chi connectivity index (χ2v) is 6.64. The zero-order chi connectivity index (χ0) is 17.8. The Labute approximate surface area is 151 Å². The molecule has 2 aromatic heterocycles. The van der Waals surface area contributed by atoms with E-state index >= 15 is 0 Å². The van der Waals surface area contributed by atoms with Crippen molar-refractivity contribution < 1.29 is 4.79 Å². The number of carbonyl (C=O) groups is 1. The second-order valence-electron chi connectivity index (χ2n) is 6.20. The Morgan fingerprint density at radius 3 is 2.96 bits per heavy atom. The van der Waals surface area contributed by atoms with Crippen molar-refractivity contribution in [3.63, 3.8) is 0 Å². The minimum atomic E-state index is -0.264. The van der Waals surface area contributed by atoms with E-state index in [2.05, 4.69) is 25.2 Å². The second kappa shape index (κ2) is 7.76. The minimum Gasteiger partial charge on any atom is -0.368 e. The van der Waals surface area contributed by atoms with Crippen LogP contribution in [0.3, 0.4) is 0 Å². The molecule has 1 saturated heterocycles. The zero-order valence-electron chi connectivity index (χ0n) is 14.0. The fourth-order valence-corrected chi connectivity index (χ4v) is 3.17. The summed E-state index contributed by atoms with van der Waals surface area (Å²) in [5.74, 6) is 0.952. The van der Waals surface area contributed by atoms with Gasteiger partial charge in [-0.05, 0) is 44.5 Å². The van der Waals surface area contributed by atoms with Gasteiger partial charge in [-0.25, -0.2) is 15.0 Å². The van der Waals surface area contributed by atoms with E-state index < -0.39 is 0 Å². The van der Waals surface area contributed by atoms with Gasteiger partial charge < -0.3 is 11.1 Å². The molecule has 132 valence electrons. The van der Waals surface area contributed by atoms with Gasteiger partial charge in [-0.1, -0.05) is 11.6 Å². The maximum atomic E-state index is 12.5. The van der Waals surface area contributed by atoms with Gasteiger partial charge in [0.2, 0.25) is 11.9 Å². The van der Waals surface area contributed by atoms with Crippen LogP contribution in [0, 0.1) is 0 Å². The van der Waals surface area contributed by atoms with Crippen molar-refractivity contribution >= 4 is 29.3 Å². The Balaban J connectivity index is 1.63. The number of halogens is 1. The summed E-state index contributed by atoms with van der Waals surface area (Å²) in [5, 5.41) is 3.37. The summed E-state index contributed by atoms with van der Waals surface area (Å²) in [6, 6.07) is 5.02. The van der Waals surface area contributed by atoms with Crippen LogP contribution in [0.25, 0.3) is 0 Å². The third-order valence-corrected chi connectivity index (χ3v) is 4.70. The average molecular weight is 361 g/mol. The molecule has 1 amide bonds. The van der Waals surface area contributed by atoms with E-state index in [1.807, 2.05) is 13.0 Å². The van der Waals surface area contributed by atoms with E-state index in [0.29, 0.717) is 10.8 Å². The summed E-state index contributed by atoms with van der Waals surface area (Å²) in [6.45, 7) is 3.54. The van der Waals surface area contributed by atoms with Crippen molar-refractivity contribution in [1.29, 1.82) is 0 Å². The molecule has 0 aliphatic carbocycles. The SMILES string of the molecule is CC(C(=O)Nc1ccc(Cl)cn1)N1CCCC(c2ccnc(N)n2)C1. The number of rotatable bonds is 4. The molecular weight excluding hydrogens is 340 g/mol. The standard InChI is InChI=1S/C17H21ClN6O/c1-11(16(25)23-15-5-4-13(18)9-21-15)24-8-2-3-12(10-24)14-6-7-20-17(19)22-14/h4-7,9,11-12H,2-3,8,10H2,1H3,(H2,19,20,22)(H,21,23,25). The Hall–Kier alpha value is -2.25. The monoisotopic (exact) mass is 360 g/mol. The Morgan fingerprint density at radius 2 is 2.24 bits per heavy atom. The van der Waals surface area contributed by atoms with E-state index in [-0.39, 0.29) is 23.8 Å². The molecule has 1 aliphatic rings. The van der Waals surface area contributed by atoms with Crippen molar-refractivity contribution in [2.24, 2.45) is 0 Å². The van der Waals surface area contributed by atoms with E-state index in [4.69, 9.17) is 17.3 Å². The van der Waals surface area contributed by atoms with Gasteiger partial charge in [0.25, 0.3) is 0 Å². The van der Waals surface area contributed by atoms with Gasteiger partial charge >= 0.3 is 0 Å². The quantitative estimate of drug-likeness (QED) is 0.868. The first-order valence-corrected chi connectivity index (χ1v) is 8.65. The summed E-state index contributed by atoms with van der Waals surface area (Å²) in [4.78, 5) is 27.1. The van der Waals surface area contributed by atoms with E-state index in [9.17, 15) is 4.79 Å². The smallest absolute Gasteiger partial charge is 0.242 e. The number of anilines is 2. The van der Waals surface area contributed by atoms with Crippen molar-refractivity contribution in [1.82, 2.24) is 19.9 Å². The number of hydrogen-bond donors (Lipinski definition) is 2. The molecule has 2 atom stereocenters. The number of aromatic nitrogens is 3. The first-order valence-electron chi connectivity index (χ1n) is 8.28. The van der Waals surface area contributed by atoms with E-state index in [0.717, 1.165) is 31.6 Å². The number of pyridine rings is 1. The third-order valence-electron chi connectivity index (χ3n) is 4.47. The number of hydrogen-bond acceptors (Lipinski definition) is 6. The molecule has 1 aliphatic heterocycles. The van der Waals surface area contributed by atoms with Crippen LogP contribution in [0.15, 0.2) is 30.6 Å². The number of nitrogen functional groups attached to an aromatic ring is 1. The van der Waals surface area contributed by atoms with Gasteiger partial charge in [0.1, 0.15) is 5.82 Å². The number of amides is 1. The molecule has 3 rings (SSSR count). The predicted octanol–water partition coefficient (Wildman–Crippen LogP) is 2.31. The van der Waals surface area contributed by atoms with Crippen molar-refractivity contribution in [3.05, 3.63) is 41.3 Å². The largest absolute Gasteiger partial charge is 0.368 e. The lowest BCUT2D eigenvalue weighted by atomic mass is 9.93. The van der Waals surface area contributed by atoms with Crippen LogP contribution < -0.4 is 11.1 Å². The van der Waals surface area contributed by atoms with Crippen LogP contribution >= 0.6 is 11.6 Å². The van der Waals surface area contributed by atoms with Gasteiger partial charge in [-0.15, -0.1) is 0 Å². The van der Waals surface area contributed by atoms with Crippen molar-refractivity contribution in [2.45, 2.75) is 31.7 Å². The number of likely N-dealkylation sites (tertiary alicyclic amines) is 1. The molecule has 2 unspecified atom stereocenters. The van der Waals surface area contributed by atoms with Crippen molar-refractivity contribution in [3.8, 4) is 0 Å². The van der Waals surface area contributed by atoms with Crippen LogP contribution in [0.4, 0.5) is 11.8 Å². The molecule has 0 radical (unpaired) electrons. The predicted molar refractivity (Wildman–Crippen MR) is 97.3 cm³/mol. The number of nitrogens with two attached hydrogens (primary N) is 1. The summed E-state index contributed by atoms with van der Waals surface area (Å²) >= 11 is 5.82. The van der Waals surface area contributed by atoms with Crippen LogP contribution in [0.2, 0.25) is 5.02 Å². The number of carbonyl (C=O) groups excluding carboxylic acids is 1. The Bertz CT molecular complexity index is 738. The topological polar surface area (TPSA) is 97.0 Å². The summed E-state index contributed by atoms with van der Waals surface area (Å²) in [7, 11) is 0. The van der Waals surface area contributed by atoms with E-state index in [1.165, 1.54) is 6.20 Å². The molecular formula is C17H21ClN6O. The highest BCUT2D eigenvalue weighted by molar-refractivity contribution is 6.30. The fourth-order valence-electron chi connectivity index (χ4n) is 3.06. The first-order chi connectivity index (χ1) is 12.0. The first kappa shape index (κ1) is 17.6. The molecule has 2 aromatic rings. The molecule has 0 bridgehead atoms. The Morgan fingerprint density at radius 1 is 1.40 bits per heavy atom. The molecule has 3 N–H and O–H groups in total. The molecule has 0 spiro atoms. The normalized spacial score (nSPS) is 19.4. The molecule has 7 nitrogen and oxygen atoms in total. The lowest BCUT2D eigenvalue weighted by Crippen LogP contribution is -2.46. The maximum absolute atomic E-state index is 12.5. The van der Waals surface area contributed by atoms with Crippen LogP contribution in [0.5, 0.6) is 0 Å². The van der Waals surface area contributed by atoms with Gasteiger partial charge in [0.15, 0.2) is 0 Å². The van der Waals surface area contributed by atoms with Crippen LogP contribution in [-0.2, 0) is 4.79 Å². The lowest BCUT2D eigenvalue weighted by Gasteiger charge is -2.35. The molecule has 8 heteroatoms. The zero-order valence-corrected chi connectivity index (χ0v) is 14.8. The Kier molecular flexibility index (Phi) is 5.45. The third kappa shape index (κ3) is 4.43. The van der Waals surface area contributed by atoms with E-state index in [1.54, 1.807) is 18.3 Å². The van der Waals surface area contributed by atoms with Gasteiger partial charge in [0.05, 0.1) is 16.8 Å². The summed E-state index contributed by atoms with van der Waals surface area (Å²) in [6.07, 6.45) is 5.22. The fraction of sp³-hybridized carbons (Fsp3) is 0.412. The highest BCUT2D eigenvalue weighted by Crippen LogP contribution is 2.27. The highest BCUT2D eigenvalue weighted by Gasteiger charge is 2.29. The van der Waals surface area contributed by atoms with Gasteiger partial charge in [-0.3, -0.25) is 9.69 Å². The summed E-state index contributed by atoms with van der Waals surface area (Å²) < 4.78 is 0. The molecule has 1 fully saturated rings. The summed E-state index contributed by atoms with van der Waals surface area (Å²) in [5.41, 5.74) is 6.62. The number of piperidine rings is 1. The molecule has 25 heavy (non-hydrogen) atoms. The van der Waals surface area contributed by atoms with Gasteiger partial charge in [-0.2, -0.15) is 0 Å². The molecule has 3 heterocycles. The van der Waals surface area contributed by atoms with Gasteiger partial charge in [0, 0.05) is 24.9 Å². The molecule has 0 saturated carbocycles. The highest BCUT2D eigenvalue weighted by atomic mass is 35.5. The number of nitrogens with one attached hydrogen (secondary N) is 1. The van der Waals surface area contributed by atoms with Crippen molar-refractivity contribution in [2.75, 3.05) is 24.1 Å². The molecule has 0 aromatic carbocycles. The average Bonchev–Trinajstić information content (AvgIpc) is 2.63. The minimum absolute atomic E-state index is 0.0855. The number of nitrogens with zero attached hydrogens (tertiary/aromatic N) is 4. The van der Waals surface area contributed by atoms with Crippen LogP contribution in [0.1, 0.15) is 31.4 Å².